The molecule has 0 atom stereocenters. The van der Waals surface area contributed by atoms with E-state index in [0.717, 1.165) is 17.5 Å². The van der Waals surface area contributed by atoms with Gasteiger partial charge in [0.2, 0.25) is 0 Å². The van der Waals surface area contributed by atoms with Gasteiger partial charge in [-0.15, -0.1) is 0 Å². The molecule has 1 aromatic rings. The maximum absolute atomic E-state index is 10.1. The minimum Gasteiger partial charge on any atom is -0.507 e. The fourth-order valence-electron chi connectivity index (χ4n) is 1.79. The number of phenolic OH excluding ortho intramolecular Hbond substituents is 1. The van der Waals surface area contributed by atoms with E-state index in [0.29, 0.717) is 17.6 Å². The Morgan fingerprint density at radius 1 is 1.07 bits per heavy atom. The molecule has 1 aromatic carbocycles. The van der Waals surface area contributed by atoms with Gasteiger partial charge in [-0.1, -0.05) is 46.8 Å². The van der Waals surface area contributed by atoms with Crippen molar-refractivity contribution in [3.05, 3.63) is 28.8 Å². The maximum Gasteiger partial charge on any atom is 0.122 e. The lowest BCUT2D eigenvalue weighted by Crippen LogP contribution is -1.97. The second kappa shape index (κ2) is 4.69. The molecular formula is C14H22O. The predicted molar refractivity (Wildman–Crippen MR) is 65.7 cm³/mol. The molecule has 0 spiro atoms. The van der Waals surface area contributed by atoms with Gasteiger partial charge in [0.05, 0.1) is 0 Å². The monoisotopic (exact) mass is 206 g/mol. The van der Waals surface area contributed by atoms with Gasteiger partial charge in [0.25, 0.3) is 0 Å². The normalized spacial score (nSPS) is 11.4. The van der Waals surface area contributed by atoms with Crippen LogP contribution in [0.15, 0.2) is 12.1 Å². The molecule has 1 N–H and O–H groups in total. The van der Waals surface area contributed by atoms with Gasteiger partial charge in [-0.25, -0.2) is 0 Å². The second-order valence-electron chi connectivity index (χ2n) is 4.78. The van der Waals surface area contributed by atoms with Gasteiger partial charge in [0, 0.05) is 0 Å². The van der Waals surface area contributed by atoms with Crippen molar-refractivity contribution in [2.75, 3.05) is 0 Å². The zero-order valence-electron chi connectivity index (χ0n) is 10.5. The van der Waals surface area contributed by atoms with Crippen LogP contribution in [0.25, 0.3) is 0 Å². The summed E-state index contributed by atoms with van der Waals surface area (Å²) in [6.07, 6.45) is 0.895. The molecule has 0 amide bonds. The first-order valence-electron chi connectivity index (χ1n) is 5.83. The average molecular weight is 206 g/mol. The summed E-state index contributed by atoms with van der Waals surface area (Å²) in [6, 6.07) is 4.27. The van der Waals surface area contributed by atoms with Gasteiger partial charge in [-0.2, -0.15) is 0 Å². The summed E-state index contributed by atoms with van der Waals surface area (Å²) in [7, 11) is 0. The first-order valence-corrected chi connectivity index (χ1v) is 5.83. The van der Waals surface area contributed by atoms with Gasteiger partial charge >= 0.3 is 0 Å². The van der Waals surface area contributed by atoms with Gasteiger partial charge in [-0.3, -0.25) is 0 Å². The van der Waals surface area contributed by atoms with Gasteiger partial charge in [0.1, 0.15) is 5.75 Å². The fourth-order valence-corrected chi connectivity index (χ4v) is 1.79. The molecule has 0 bridgehead atoms. The van der Waals surface area contributed by atoms with Crippen LogP contribution < -0.4 is 0 Å². The van der Waals surface area contributed by atoms with E-state index in [1.165, 1.54) is 5.56 Å². The van der Waals surface area contributed by atoms with E-state index in [1.807, 2.05) is 0 Å². The van der Waals surface area contributed by atoms with Crippen molar-refractivity contribution in [1.29, 1.82) is 0 Å². The van der Waals surface area contributed by atoms with Crippen molar-refractivity contribution in [2.24, 2.45) is 0 Å². The number of phenols is 1. The molecule has 0 fully saturated rings. The molecule has 15 heavy (non-hydrogen) atoms. The summed E-state index contributed by atoms with van der Waals surface area (Å²) in [5.41, 5.74) is 3.48. The highest BCUT2D eigenvalue weighted by atomic mass is 16.3. The van der Waals surface area contributed by atoms with Crippen LogP contribution in [0.3, 0.4) is 0 Å². The third-order valence-electron chi connectivity index (χ3n) is 2.91. The zero-order chi connectivity index (χ0) is 11.6. The summed E-state index contributed by atoms with van der Waals surface area (Å²) in [5, 5.41) is 10.1. The number of hydrogen-bond acceptors (Lipinski definition) is 1. The Hall–Kier alpha value is -0.980. The SMILES string of the molecule is CCc1cc(C(C)C)cc(C(C)C)c1O. The smallest absolute Gasteiger partial charge is 0.122 e. The second-order valence-corrected chi connectivity index (χ2v) is 4.78. The minimum absolute atomic E-state index is 0.383. The molecule has 0 saturated carbocycles. The lowest BCUT2D eigenvalue weighted by atomic mass is 9.91. The number of rotatable bonds is 3. The summed E-state index contributed by atoms with van der Waals surface area (Å²) in [5.74, 6) is 1.40. The predicted octanol–water partition coefficient (Wildman–Crippen LogP) is 4.20. The van der Waals surface area contributed by atoms with E-state index in [2.05, 4.69) is 46.8 Å². The summed E-state index contributed by atoms with van der Waals surface area (Å²) < 4.78 is 0. The molecule has 1 heteroatoms. The molecule has 0 radical (unpaired) electrons. The molecular weight excluding hydrogens is 184 g/mol. The molecule has 1 rings (SSSR count). The van der Waals surface area contributed by atoms with Crippen LogP contribution in [0.1, 0.15) is 63.1 Å². The summed E-state index contributed by atoms with van der Waals surface area (Å²) >= 11 is 0. The topological polar surface area (TPSA) is 20.2 Å². The number of hydrogen-bond donors (Lipinski definition) is 1. The van der Waals surface area contributed by atoms with Gasteiger partial charge < -0.3 is 5.11 Å². The highest BCUT2D eigenvalue weighted by molar-refractivity contribution is 5.46. The molecule has 1 nitrogen and oxygen atoms in total. The Morgan fingerprint density at radius 3 is 2.07 bits per heavy atom. The number of aryl methyl sites for hydroxylation is 1. The molecule has 0 saturated heterocycles. The molecule has 0 unspecified atom stereocenters. The molecule has 0 aliphatic carbocycles. The Labute approximate surface area is 93.1 Å². The standard InChI is InChI=1S/C14H22O/c1-6-11-7-12(9(2)3)8-13(10(4)5)14(11)15/h7-10,15H,6H2,1-5H3. The zero-order valence-corrected chi connectivity index (χ0v) is 10.5. The van der Waals surface area contributed by atoms with E-state index in [9.17, 15) is 5.11 Å². The van der Waals surface area contributed by atoms with Gasteiger partial charge in [0.15, 0.2) is 0 Å². The van der Waals surface area contributed by atoms with E-state index in [4.69, 9.17) is 0 Å². The van der Waals surface area contributed by atoms with E-state index >= 15 is 0 Å². The Morgan fingerprint density at radius 2 is 1.67 bits per heavy atom. The van der Waals surface area contributed by atoms with Crippen molar-refractivity contribution < 1.29 is 5.11 Å². The largest absolute Gasteiger partial charge is 0.507 e. The Kier molecular flexibility index (Phi) is 3.78. The van der Waals surface area contributed by atoms with Crippen molar-refractivity contribution in [3.63, 3.8) is 0 Å². The van der Waals surface area contributed by atoms with Crippen LogP contribution in [0.5, 0.6) is 5.75 Å². The van der Waals surface area contributed by atoms with Crippen LogP contribution in [0.4, 0.5) is 0 Å². The van der Waals surface area contributed by atoms with Gasteiger partial charge in [-0.05, 0) is 34.9 Å². The highest BCUT2D eigenvalue weighted by Gasteiger charge is 2.12. The van der Waals surface area contributed by atoms with Crippen molar-refractivity contribution in [2.45, 2.75) is 52.9 Å². The summed E-state index contributed by atoms with van der Waals surface area (Å²) in [4.78, 5) is 0. The van der Waals surface area contributed by atoms with Crippen molar-refractivity contribution >= 4 is 0 Å². The van der Waals surface area contributed by atoms with Crippen LogP contribution in [0.2, 0.25) is 0 Å². The lowest BCUT2D eigenvalue weighted by Gasteiger charge is -2.16. The average Bonchev–Trinajstić information content (AvgIpc) is 2.17. The van der Waals surface area contributed by atoms with Crippen LogP contribution >= 0.6 is 0 Å². The van der Waals surface area contributed by atoms with E-state index in [-0.39, 0.29) is 0 Å². The molecule has 0 heterocycles. The van der Waals surface area contributed by atoms with E-state index < -0.39 is 0 Å². The molecule has 0 aromatic heterocycles. The van der Waals surface area contributed by atoms with Crippen molar-refractivity contribution in [1.82, 2.24) is 0 Å². The van der Waals surface area contributed by atoms with Crippen molar-refractivity contribution in [3.8, 4) is 5.75 Å². The molecule has 0 aliphatic rings. The number of benzene rings is 1. The Balaban J connectivity index is 3.32. The first-order chi connectivity index (χ1) is 6.97. The van der Waals surface area contributed by atoms with Crippen LogP contribution in [-0.2, 0) is 6.42 Å². The highest BCUT2D eigenvalue weighted by Crippen LogP contribution is 2.33. The third kappa shape index (κ3) is 2.53. The third-order valence-corrected chi connectivity index (χ3v) is 2.91. The van der Waals surface area contributed by atoms with Crippen LogP contribution in [0, 0.1) is 0 Å². The van der Waals surface area contributed by atoms with Crippen LogP contribution in [-0.4, -0.2) is 5.11 Å². The lowest BCUT2D eigenvalue weighted by molar-refractivity contribution is 0.458. The maximum atomic E-state index is 10.1. The quantitative estimate of drug-likeness (QED) is 0.785. The van der Waals surface area contributed by atoms with E-state index in [1.54, 1.807) is 0 Å². The first kappa shape index (κ1) is 12.1. The summed E-state index contributed by atoms with van der Waals surface area (Å²) in [6.45, 7) is 10.7. The fraction of sp³-hybridized carbons (Fsp3) is 0.571. The molecule has 0 aliphatic heterocycles. The minimum atomic E-state index is 0.383. The Bertz CT molecular complexity index is 337. The number of aromatic hydroxyl groups is 1. The molecule has 84 valence electrons.